The molecule has 0 saturated heterocycles. The van der Waals surface area contributed by atoms with Crippen LogP contribution < -0.4 is 0 Å². The van der Waals surface area contributed by atoms with Crippen molar-refractivity contribution in [2.45, 2.75) is 13.1 Å². The highest BCUT2D eigenvalue weighted by Gasteiger charge is 2.17. The molecule has 2 nitrogen and oxygen atoms in total. The Bertz CT molecular complexity index is 639. The first kappa shape index (κ1) is 14.0. The SMILES string of the molecule is O=C(c1ccccc1)N(Cc1cccs1)Cc1cccs1. The van der Waals surface area contributed by atoms with Crippen molar-refractivity contribution >= 4 is 28.6 Å². The highest BCUT2D eigenvalue weighted by molar-refractivity contribution is 7.10. The first-order chi connectivity index (χ1) is 10.3. The van der Waals surface area contributed by atoms with Crippen LogP contribution in [0.4, 0.5) is 0 Å². The monoisotopic (exact) mass is 313 g/mol. The van der Waals surface area contributed by atoms with Gasteiger partial charge >= 0.3 is 0 Å². The van der Waals surface area contributed by atoms with E-state index in [4.69, 9.17) is 0 Å². The maximum atomic E-state index is 12.7. The molecule has 1 amide bonds. The lowest BCUT2D eigenvalue weighted by atomic mass is 10.2. The van der Waals surface area contributed by atoms with Crippen molar-refractivity contribution in [3.05, 3.63) is 80.7 Å². The van der Waals surface area contributed by atoms with Gasteiger partial charge in [0.05, 0.1) is 13.1 Å². The molecule has 0 N–H and O–H groups in total. The summed E-state index contributed by atoms with van der Waals surface area (Å²) in [4.78, 5) is 17.1. The van der Waals surface area contributed by atoms with Crippen molar-refractivity contribution in [1.82, 2.24) is 4.90 Å². The summed E-state index contributed by atoms with van der Waals surface area (Å²) in [6, 6.07) is 17.7. The Hall–Kier alpha value is -1.91. The summed E-state index contributed by atoms with van der Waals surface area (Å²) in [6.07, 6.45) is 0. The van der Waals surface area contributed by atoms with Gasteiger partial charge in [0.1, 0.15) is 0 Å². The zero-order chi connectivity index (χ0) is 14.5. The predicted octanol–water partition coefficient (Wildman–Crippen LogP) is 4.65. The molecule has 2 heterocycles. The Balaban J connectivity index is 1.82. The lowest BCUT2D eigenvalue weighted by Crippen LogP contribution is -2.29. The molecule has 0 radical (unpaired) electrons. The fraction of sp³-hybridized carbons (Fsp3) is 0.118. The summed E-state index contributed by atoms with van der Waals surface area (Å²) in [7, 11) is 0. The van der Waals surface area contributed by atoms with Crippen molar-refractivity contribution < 1.29 is 4.79 Å². The normalized spacial score (nSPS) is 10.5. The molecule has 0 fully saturated rings. The third-order valence-corrected chi connectivity index (χ3v) is 4.88. The van der Waals surface area contributed by atoms with Gasteiger partial charge in [0.15, 0.2) is 0 Å². The number of benzene rings is 1. The lowest BCUT2D eigenvalue weighted by Gasteiger charge is -2.21. The van der Waals surface area contributed by atoms with E-state index in [2.05, 4.69) is 12.1 Å². The van der Waals surface area contributed by atoms with E-state index >= 15 is 0 Å². The minimum absolute atomic E-state index is 0.0809. The second-order valence-corrected chi connectivity index (χ2v) is 6.75. The number of carbonyl (C=O) groups excluding carboxylic acids is 1. The molecule has 0 aliphatic rings. The third kappa shape index (κ3) is 3.60. The number of thiophene rings is 2. The number of hydrogen-bond donors (Lipinski definition) is 0. The Labute approximate surface area is 132 Å². The van der Waals surface area contributed by atoms with Crippen molar-refractivity contribution in [2.24, 2.45) is 0 Å². The van der Waals surface area contributed by atoms with E-state index in [1.165, 1.54) is 9.75 Å². The fourth-order valence-electron chi connectivity index (χ4n) is 2.14. The topological polar surface area (TPSA) is 20.3 Å². The molecule has 106 valence electrons. The van der Waals surface area contributed by atoms with Crippen LogP contribution in [0.25, 0.3) is 0 Å². The van der Waals surface area contributed by atoms with Gasteiger partial charge in [-0.1, -0.05) is 30.3 Å². The largest absolute Gasteiger partial charge is 0.328 e. The highest BCUT2D eigenvalue weighted by atomic mass is 32.1. The maximum absolute atomic E-state index is 12.7. The van der Waals surface area contributed by atoms with Crippen molar-refractivity contribution in [3.8, 4) is 0 Å². The van der Waals surface area contributed by atoms with Crippen LogP contribution in [0.2, 0.25) is 0 Å². The first-order valence-electron chi connectivity index (χ1n) is 6.72. The van der Waals surface area contributed by atoms with Crippen LogP contribution in [0.3, 0.4) is 0 Å². The zero-order valence-corrected chi connectivity index (χ0v) is 13.1. The molecular formula is C17H15NOS2. The van der Waals surface area contributed by atoms with E-state index in [1.54, 1.807) is 22.7 Å². The fourth-order valence-corrected chi connectivity index (χ4v) is 3.58. The van der Waals surface area contributed by atoms with E-state index in [-0.39, 0.29) is 5.91 Å². The Morgan fingerprint density at radius 3 is 1.86 bits per heavy atom. The highest BCUT2D eigenvalue weighted by Crippen LogP contribution is 2.19. The molecule has 4 heteroatoms. The van der Waals surface area contributed by atoms with Gasteiger partial charge in [-0.2, -0.15) is 0 Å². The Morgan fingerprint density at radius 1 is 0.810 bits per heavy atom. The van der Waals surface area contributed by atoms with Gasteiger partial charge in [0.2, 0.25) is 0 Å². The van der Waals surface area contributed by atoms with Crippen LogP contribution >= 0.6 is 22.7 Å². The standard InChI is InChI=1S/C17H15NOS2/c19-17(14-6-2-1-3-7-14)18(12-15-8-4-10-20-15)13-16-9-5-11-21-16/h1-11H,12-13H2. The van der Waals surface area contributed by atoms with Crippen molar-refractivity contribution in [1.29, 1.82) is 0 Å². The summed E-state index contributed by atoms with van der Waals surface area (Å²) in [5.74, 6) is 0.0809. The van der Waals surface area contributed by atoms with E-state index in [0.29, 0.717) is 13.1 Å². The summed E-state index contributed by atoms with van der Waals surface area (Å²) in [5, 5.41) is 4.09. The van der Waals surface area contributed by atoms with Crippen LogP contribution in [-0.4, -0.2) is 10.8 Å². The average Bonchev–Trinajstić information content (AvgIpc) is 3.20. The zero-order valence-electron chi connectivity index (χ0n) is 11.4. The first-order valence-corrected chi connectivity index (χ1v) is 8.48. The number of amides is 1. The van der Waals surface area contributed by atoms with E-state index < -0.39 is 0 Å². The van der Waals surface area contributed by atoms with Crippen molar-refractivity contribution in [2.75, 3.05) is 0 Å². The van der Waals surface area contributed by atoms with E-state index in [9.17, 15) is 4.79 Å². The van der Waals surface area contributed by atoms with Crippen LogP contribution in [-0.2, 0) is 13.1 Å². The molecule has 0 unspecified atom stereocenters. The molecule has 0 bridgehead atoms. The summed E-state index contributed by atoms with van der Waals surface area (Å²) in [6.45, 7) is 1.31. The van der Waals surface area contributed by atoms with Crippen LogP contribution in [0.15, 0.2) is 65.4 Å². The van der Waals surface area contributed by atoms with Gasteiger partial charge in [-0.25, -0.2) is 0 Å². The molecule has 0 atom stereocenters. The van der Waals surface area contributed by atoms with Gasteiger partial charge < -0.3 is 4.90 Å². The molecule has 0 aliphatic carbocycles. The quantitative estimate of drug-likeness (QED) is 0.671. The number of carbonyl (C=O) groups is 1. The van der Waals surface area contributed by atoms with Crippen molar-refractivity contribution in [3.63, 3.8) is 0 Å². The Morgan fingerprint density at radius 2 is 1.38 bits per heavy atom. The molecule has 3 aromatic rings. The van der Waals surface area contributed by atoms with Gasteiger partial charge in [-0.3, -0.25) is 4.79 Å². The van der Waals surface area contributed by atoms with E-state index in [1.807, 2.05) is 58.1 Å². The lowest BCUT2D eigenvalue weighted by molar-refractivity contribution is 0.0733. The molecular weight excluding hydrogens is 298 g/mol. The minimum Gasteiger partial charge on any atom is -0.328 e. The molecule has 0 spiro atoms. The number of hydrogen-bond acceptors (Lipinski definition) is 3. The number of rotatable bonds is 5. The van der Waals surface area contributed by atoms with Crippen LogP contribution in [0.5, 0.6) is 0 Å². The van der Waals surface area contributed by atoms with Gasteiger partial charge in [-0.15, -0.1) is 22.7 Å². The second-order valence-electron chi connectivity index (χ2n) is 4.69. The predicted molar refractivity (Wildman–Crippen MR) is 88.7 cm³/mol. The Kier molecular flexibility index (Phi) is 4.48. The van der Waals surface area contributed by atoms with Gasteiger partial charge in [-0.05, 0) is 35.0 Å². The summed E-state index contributed by atoms with van der Waals surface area (Å²) < 4.78 is 0. The number of nitrogens with zero attached hydrogens (tertiary/aromatic N) is 1. The van der Waals surface area contributed by atoms with E-state index in [0.717, 1.165) is 5.56 Å². The van der Waals surface area contributed by atoms with Crippen LogP contribution in [0.1, 0.15) is 20.1 Å². The average molecular weight is 313 g/mol. The van der Waals surface area contributed by atoms with Gasteiger partial charge in [0, 0.05) is 15.3 Å². The third-order valence-electron chi connectivity index (χ3n) is 3.16. The van der Waals surface area contributed by atoms with Crippen LogP contribution in [0, 0.1) is 0 Å². The summed E-state index contributed by atoms with van der Waals surface area (Å²) >= 11 is 3.37. The molecule has 0 saturated carbocycles. The second kappa shape index (κ2) is 6.70. The summed E-state index contributed by atoms with van der Waals surface area (Å²) in [5.41, 5.74) is 0.741. The molecule has 2 aromatic heterocycles. The maximum Gasteiger partial charge on any atom is 0.254 e. The smallest absolute Gasteiger partial charge is 0.254 e. The molecule has 0 aliphatic heterocycles. The minimum atomic E-state index is 0.0809. The molecule has 3 rings (SSSR count). The van der Waals surface area contributed by atoms with Gasteiger partial charge in [0.25, 0.3) is 5.91 Å². The molecule has 21 heavy (non-hydrogen) atoms. The molecule has 1 aromatic carbocycles.